The number of hydrogen-bond acceptors (Lipinski definition) is 5. The summed E-state index contributed by atoms with van der Waals surface area (Å²) in [4.78, 5) is 15.3. The van der Waals surface area contributed by atoms with E-state index in [0.717, 1.165) is 6.07 Å². The molecule has 5 nitrogen and oxygen atoms in total. The van der Waals surface area contributed by atoms with Gasteiger partial charge >= 0.3 is 5.97 Å². The smallest absolute Gasteiger partial charge is 0.324 e. The van der Waals surface area contributed by atoms with Crippen molar-refractivity contribution in [1.82, 2.24) is 9.55 Å². The number of hydrogen-bond donors (Lipinski definition) is 2. The number of fused-ring (bicyclic) bond motifs is 1. The maximum Gasteiger partial charge on any atom is 0.324 e. The third-order valence-corrected chi connectivity index (χ3v) is 6.61. The van der Waals surface area contributed by atoms with E-state index >= 15 is 0 Å². The lowest BCUT2D eigenvalue weighted by atomic mass is 10.1. The molecular formula is C16H17F2N3O2S2. The van der Waals surface area contributed by atoms with E-state index in [4.69, 9.17) is 10.8 Å². The molecule has 1 heterocycles. The van der Waals surface area contributed by atoms with Gasteiger partial charge in [0.25, 0.3) is 0 Å². The Hall–Kier alpha value is -1.58. The van der Waals surface area contributed by atoms with Gasteiger partial charge in [-0.1, -0.05) is 10.8 Å². The van der Waals surface area contributed by atoms with E-state index in [1.165, 1.54) is 34.6 Å². The fourth-order valence-corrected chi connectivity index (χ4v) is 5.28. The number of benzene rings is 1. The Morgan fingerprint density at radius 3 is 2.96 bits per heavy atom. The van der Waals surface area contributed by atoms with Crippen LogP contribution in [0.5, 0.6) is 0 Å². The predicted octanol–water partition coefficient (Wildman–Crippen LogP) is 3.04. The van der Waals surface area contributed by atoms with Crippen LogP contribution in [0, 0.1) is 11.6 Å². The summed E-state index contributed by atoms with van der Waals surface area (Å²) in [6.07, 6.45) is 4.44. The SMILES string of the molecule is C[C@](N)(CSSc1nccn1C1Cc2cc(F)cc(F)c2C1)C(=O)O. The second-order valence-corrected chi connectivity index (χ2v) is 8.54. The van der Waals surface area contributed by atoms with Gasteiger partial charge in [-0.25, -0.2) is 13.8 Å². The average molecular weight is 385 g/mol. The molecule has 0 saturated carbocycles. The van der Waals surface area contributed by atoms with Crippen LogP contribution in [-0.2, 0) is 17.6 Å². The minimum Gasteiger partial charge on any atom is -0.480 e. The first kappa shape index (κ1) is 18.2. The van der Waals surface area contributed by atoms with Gasteiger partial charge in [0.2, 0.25) is 0 Å². The molecule has 9 heteroatoms. The molecule has 3 rings (SSSR count). The normalized spacial score (nSPS) is 18.8. The van der Waals surface area contributed by atoms with Gasteiger partial charge in [-0.05, 0) is 47.8 Å². The van der Waals surface area contributed by atoms with Gasteiger partial charge in [0.1, 0.15) is 17.2 Å². The van der Waals surface area contributed by atoms with Crippen LogP contribution in [0.25, 0.3) is 0 Å². The highest BCUT2D eigenvalue weighted by Gasteiger charge is 2.30. The van der Waals surface area contributed by atoms with Crippen LogP contribution in [0.15, 0.2) is 29.7 Å². The van der Waals surface area contributed by atoms with Crippen molar-refractivity contribution in [3.63, 3.8) is 0 Å². The molecule has 2 aromatic rings. The number of aromatic nitrogens is 2. The molecule has 1 unspecified atom stereocenters. The van der Waals surface area contributed by atoms with E-state index in [-0.39, 0.29) is 11.8 Å². The lowest BCUT2D eigenvalue weighted by molar-refractivity contribution is -0.141. The number of nitrogens with zero attached hydrogens (tertiary/aromatic N) is 2. The molecule has 1 aliphatic carbocycles. The van der Waals surface area contributed by atoms with Crippen LogP contribution in [-0.4, -0.2) is 31.9 Å². The number of aliphatic carboxylic acids is 1. The maximum absolute atomic E-state index is 13.9. The Labute approximate surface area is 151 Å². The topological polar surface area (TPSA) is 81.1 Å². The lowest BCUT2D eigenvalue weighted by Crippen LogP contribution is -2.47. The summed E-state index contributed by atoms with van der Waals surface area (Å²) in [5.41, 5.74) is 5.62. The van der Waals surface area contributed by atoms with Gasteiger partial charge in [-0.3, -0.25) is 4.79 Å². The average Bonchev–Trinajstić information content (AvgIpc) is 3.13. The van der Waals surface area contributed by atoms with Crippen molar-refractivity contribution in [2.75, 3.05) is 5.75 Å². The Morgan fingerprint density at radius 2 is 2.24 bits per heavy atom. The number of halogens is 2. The molecule has 25 heavy (non-hydrogen) atoms. The summed E-state index contributed by atoms with van der Waals surface area (Å²) in [6, 6.07) is 2.25. The largest absolute Gasteiger partial charge is 0.480 e. The van der Waals surface area contributed by atoms with Crippen LogP contribution in [0.2, 0.25) is 0 Å². The minimum atomic E-state index is -1.32. The molecule has 1 aromatic carbocycles. The van der Waals surface area contributed by atoms with E-state index in [9.17, 15) is 13.6 Å². The van der Waals surface area contributed by atoms with E-state index in [2.05, 4.69) is 4.98 Å². The van der Waals surface area contributed by atoms with Crippen molar-refractivity contribution < 1.29 is 18.7 Å². The molecule has 1 aliphatic rings. The standard InChI is InChI=1S/C16H17F2N3O2S2/c1-16(19,14(22)23)8-24-25-15-20-2-3-21(15)11-5-9-4-10(17)6-13(18)12(9)7-11/h2-4,6,11H,5,7-8,19H2,1H3,(H,22,23)/t11?,16-/m0/s1. The maximum atomic E-state index is 13.9. The van der Waals surface area contributed by atoms with E-state index < -0.39 is 23.1 Å². The molecule has 0 radical (unpaired) electrons. The number of carboxylic acid groups (broad SMARTS) is 1. The minimum absolute atomic E-state index is 0.0411. The van der Waals surface area contributed by atoms with Gasteiger partial charge in [0.15, 0.2) is 5.16 Å². The lowest BCUT2D eigenvalue weighted by Gasteiger charge is -2.18. The second-order valence-electron chi connectivity index (χ2n) is 6.27. The third-order valence-electron chi connectivity index (χ3n) is 4.16. The number of carbonyl (C=O) groups is 1. The van der Waals surface area contributed by atoms with E-state index in [1.54, 1.807) is 12.4 Å². The number of carboxylic acids is 1. The summed E-state index contributed by atoms with van der Waals surface area (Å²) < 4.78 is 29.2. The van der Waals surface area contributed by atoms with Gasteiger partial charge in [-0.15, -0.1) is 0 Å². The highest BCUT2D eigenvalue weighted by Crippen LogP contribution is 2.38. The van der Waals surface area contributed by atoms with Crippen molar-refractivity contribution in [2.45, 2.75) is 36.5 Å². The van der Waals surface area contributed by atoms with Crippen LogP contribution in [0.3, 0.4) is 0 Å². The third kappa shape index (κ3) is 3.83. The van der Waals surface area contributed by atoms with Crippen molar-refractivity contribution in [1.29, 1.82) is 0 Å². The quantitative estimate of drug-likeness (QED) is 0.744. The molecule has 0 amide bonds. The fraction of sp³-hybridized carbons (Fsp3) is 0.375. The molecule has 0 aliphatic heterocycles. The van der Waals surface area contributed by atoms with Crippen molar-refractivity contribution >= 4 is 27.6 Å². The number of imidazole rings is 1. The Morgan fingerprint density at radius 1 is 1.48 bits per heavy atom. The first-order chi connectivity index (χ1) is 11.8. The summed E-state index contributed by atoms with van der Waals surface area (Å²) in [6.45, 7) is 1.46. The molecule has 2 atom stereocenters. The molecule has 0 spiro atoms. The molecular weight excluding hydrogens is 368 g/mol. The molecule has 1 aromatic heterocycles. The number of nitrogens with two attached hydrogens (primary N) is 1. The van der Waals surface area contributed by atoms with Gasteiger partial charge < -0.3 is 15.4 Å². The summed E-state index contributed by atoms with van der Waals surface area (Å²) in [5.74, 6) is -1.93. The molecule has 0 saturated heterocycles. The molecule has 3 N–H and O–H groups in total. The molecule has 134 valence electrons. The number of rotatable bonds is 6. The van der Waals surface area contributed by atoms with Crippen LogP contribution >= 0.6 is 21.6 Å². The monoisotopic (exact) mass is 385 g/mol. The first-order valence-electron chi connectivity index (χ1n) is 7.59. The zero-order valence-electron chi connectivity index (χ0n) is 13.4. The molecule has 0 fully saturated rings. The fourth-order valence-electron chi connectivity index (χ4n) is 2.73. The Balaban J connectivity index is 1.69. The Bertz CT molecular complexity index is 811. The second kappa shape index (κ2) is 6.97. The summed E-state index contributed by atoms with van der Waals surface area (Å²) in [7, 11) is 2.63. The Kier molecular flexibility index (Phi) is 5.08. The van der Waals surface area contributed by atoms with Crippen molar-refractivity contribution in [3.05, 3.63) is 47.3 Å². The van der Waals surface area contributed by atoms with Gasteiger partial charge in [0, 0.05) is 30.3 Å². The van der Waals surface area contributed by atoms with Gasteiger partial charge in [-0.2, -0.15) is 0 Å². The summed E-state index contributed by atoms with van der Waals surface area (Å²) in [5, 5.41) is 9.72. The highest BCUT2D eigenvalue weighted by molar-refractivity contribution is 8.76. The first-order valence-corrected chi connectivity index (χ1v) is 9.91. The zero-order valence-corrected chi connectivity index (χ0v) is 15.0. The van der Waals surface area contributed by atoms with Crippen molar-refractivity contribution in [2.24, 2.45) is 5.73 Å². The van der Waals surface area contributed by atoms with Crippen LogP contribution < -0.4 is 5.73 Å². The van der Waals surface area contributed by atoms with Crippen LogP contribution in [0.1, 0.15) is 24.1 Å². The summed E-state index contributed by atoms with van der Waals surface area (Å²) >= 11 is 0. The van der Waals surface area contributed by atoms with E-state index in [0.29, 0.717) is 29.1 Å². The van der Waals surface area contributed by atoms with Gasteiger partial charge in [0.05, 0.1) is 0 Å². The van der Waals surface area contributed by atoms with Crippen molar-refractivity contribution in [3.8, 4) is 0 Å². The highest BCUT2D eigenvalue weighted by atomic mass is 33.1. The molecule has 0 bridgehead atoms. The predicted molar refractivity (Wildman–Crippen MR) is 93.6 cm³/mol. The zero-order chi connectivity index (χ0) is 18.2. The van der Waals surface area contributed by atoms with E-state index in [1.807, 2.05) is 4.57 Å². The van der Waals surface area contributed by atoms with Crippen LogP contribution in [0.4, 0.5) is 8.78 Å².